The fraction of sp³-hybridized carbons (Fsp3) is 0.516. The molecule has 3 aliphatic rings. The molecule has 10 heteroatoms. The van der Waals surface area contributed by atoms with E-state index in [-0.39, 0.29) is 30.1 Å². The number of hydrogen-bond donors (Lipinski definition) is 3. The van der Waals surface area contributed by atoms with E-state index in [1.165, 1.54) is 0 Å². The van der Waals surface area contributed by atoms with E-state index in [2.05, 4.69) is 20.5 Å². The highest BCUT2D eigenvalue weighted by atomic mass is 16.4. The van der Waals surface area contributed by atoms with E-state index in [0.29, 0.717) is 29.9 Å². The van der Waals surface area contributed by atoms with E-state index < -0.39 is 17.9 Å². The molecular formula is C31H39N5O5. The van der Waals surface area contributed by atoms with E-state index in [1.807, 2.05) is 11.0 Å². The van der Waals surface area contributed by atoms with Crippen LogP contribution in [-0.4, -0.2) is 64.9 Å². The number of nitrogens with zero attached hydrogens (tertiary/aromatic N) is 3. The zero-order valence-corrected chi connectivity index (χ0v) is 23.4. The molecule has 3 amide bonds. The summed E-state index contributed by atoms with van der Waals surface area (Å²) in [7, 11) is 0. The van der Waals surface area contributed by atoms with E-state index in [4.69, 9.17) is 0 Å². The maximum atomic E-state index is 13.4. The van der Waals surface area contributed by atoms with E-state index >= 15 is 0 Å². The van der Waals surface area contributed by atoms with Crippen molar-refractivity contribution in [3.63, 3.8) is 0 Å². The zero-order valence-electron chi connectivity index (χ0n) is 23.4. The molecule has 2 aliphatic carbocycles. The summed E-state index contributed by atoms with van der Waals surface area (Å²) in [6, 6.07) is 7.92. The number of carboxylic acids is 1. The van der Waals surface area contributed by atoms with Crippen LogP contribution in [0.15, 0.2) is 42.7 Å². The van der Waals surface area contributed by atoms with Gasteiger partial charge in [-0.3, -0.25) is 24.2 Å². The number of nitrogens with one attached hydrogen (secondary N) is 2. The minimum absolute atomic E-state index is 0.0389. The van der Waals surface area contributed by atoms with E-state index in [1.54, 1.807) is 36.7 Å². The maximum Gasteiger partial charge on any atom is 0.305 e. The fourth-order valence-corrected chi connectivity index (χ4v) is 5.87. The van der Waals surface area contributed by atoms with Gasteiger partial charge in [-0.05, 0) is 61.9 Å². The van der Waals surface area contributed by atoms with Gasteiger partial charge in [0.05, 0.1) is 23.8 Å². The predicted octanol–water partition coefficient (Wildman–Crippen LogP) is 3.99. The molecule has 0 radical (unpaired) electrons. The number of carbonyl (C=O) groups is 4. The molecule has 2 heterocycles. The topological polar surface area (TPSA) is 132 Å². The van der Waals surface area contributed by atoms with Crippen molar-refractivity contribution in [2.75, 3.05) is 36.4 Å². The molecule has 0 spiro atoms. The first-order chi connectivity index (χ1) is 19.9. The molecular weight excluding hydrogens is 522 g/mol. The number of anilines is 2. The van der Waals surface area contributed by atoms with Crippen LogP contribution in [0.3, 0.4) is 0 Å². The molecule has 0 bridgehead atoms. The number of rotatable bonds is 9. The van der Waals surface area contributed by atoms with Crippen LogP contribution in [0.2, 0.25) is 0 Å². The predicted molar refractivity (Wildman–Crippen MR) is 154 cm³/mol. The Morgan fingerprint density at radius 1 is 0.927 bits per heavy atom. The van der Waals surface area contributed by atoms with Gasteiger partial charge in [0.1, 0.15) is 0 Å². The molecule has 3 N–H and O–H groups in total. The largest absolute Gasteiger partial charge is 0.481 e. The van der Waals surface area contributed by atoms with Crippen molar-refractivity contribution < 1.29 is 24.3 Å². The number of benzene rings is 1. The third kappa shape index (κ3) is 7.42. The van der Waals surface area contributed by atoms with Gasteiger partial charge in [0.25, 0.3) is 5.91 Å². The van der Waals surface area contributed by atoms with Crippen molar-refractivity contribution in [3.05, 3.63) is 53.9 Å². The van der Waals surface area contributed by atoms with Crippen LogP contribution in [0.25, 0.3) is 0 Å². The monoisotopic (exact) mass is 561 g/mol. The lowest BCUT2D eigenvalue weighted by Gasteiger charge is -2.28. The lowest BCUT2D eigenvalue weighted by atomic mass is 9.88. The summed E-state index contributed by atoms with van der Waals surface area (Å²) < 4.78 is 0. The van der Waals surface area contributed by atoms with Gasteiger partial charge in [-0.2, -0.15) is 0 Å². The standard InChI is InChI=1S/C31H39N5O5/c37-28(38)19-25(24-8-4-13-32-20-24)33-30(40)23-11-12-27(26(18-23)34-29(39)21-6-2-1-3-7-21)35-14-5-15-36(17-16-35)31(41)22-9-10-22/h4,8,11-13,18,20-22,25H,1-3,5-7,9-10,14-17,19H2,(H,33,40)(H,34,39)(H,37,38). The van der Waals surface area contributed by atoms with Crippen molar-refractivity contribution in [1.82, 2.24) is 15.2 Å². The van der Waals surface area contributed by atoms with Gasteiger partial charge in [-0.1, -0.05) is 25.3 Å². The third-order valence-electron chi connectivity index (χ3n) is 8.34. The Balaban J connectivity index is 1.37. The number of amides is 3. The fourth-order valence-electron chi connectivity index (χ4n) is 5.87. The third-order valence-corrected chi connectivity index (χ3v) is 8.34. The van der Waals surface area contributed by atoms with Gasteiger partial charge in [0.2, 0.25) is 11.8 Å². The summed E-state index contributed by atoms with van der Waals surface area (Å²) in [6.45, 7) is 2.71. The minimum Gasteiger partial charge on any atom is -0.481 e. The first-order valence-corrected chi connectivity index (χ1v) is 14.8. The van der Waals surface area contributed by atoms with E-state index in [0.717, 1.165) is 70.1 Å². The SMILES string of the molecule is O=C(O)CC(NC(=O)c1ccc(N2CCCN(C(=O)C3CC3)CC2)c(NC(=O)C2CCCCC2)c1)c1cccnc1. The molecule has 41 heavy (non-hydrogen) atoms. The second kappa shape index (κ2) is 13.1. The molecule has 3 fully saturated rings. The summed E-state index contributed by atoms with van der Waals surface area (Å²) in [5.74, 6) is -1.14. The van der Waals surface area contributed by atoms with E-state index in [9.17, 15) is 24.3 Å². The normalized spacial score (nSPS) is 18.7. The second-order valence-corrected chi connectivity index (χ2v) is 11.4. The first-order valence-electron chi connectivity index (χ1n) is 14.8. The number of aromatic nitrogens is 1. The van der Waals surface area contributed by atoms with Crippen molar-refractivity contribution in [1.29, 1.82) is 0 Å². The van der Waals surface area contributed by atoms with Gasteiger partial charge in [0, 0.05) is 56.0 Å². The lowest BCUT2D eigenvalue weighted by Crippen LogP contribution is -2.36. The second-order valence-electron chi connectivity index (χ2n) is 11.4. The molecule has 2 aromatic rings. The summed E-state index contributed by atoms with van der Waals surface area (Å²) in [5, 5.41) is 15.4. The van der Waals surface area contributed by atoms with Crippen molar-refractivity contribution >= 4 is 35.1 Å². The summed E-state index contributed by atoms with van der Waals surface area (Å²) in [6.07, 6.45) is 10.5. The molecule has 218 valence electrons. The van der Waals surface area contributed by atoms with Crippen LogP contribution in [0.1, 0.15) is 79.8 Å². The molecule has 1 aliphatic heterocycles. The minimum atomic E-state index is -1.04. The van der Waals surface area contributed by atoms with Crippen LogP contribution in [0.5, 0.6) is 0 Å². The number of carboxylic acid groups (broad SMARTS) is 1. The number of pyridine rings is 1. The molecule has 1 saturated heterocycles. The quantitative estimate of drug-likeness (QED) is 0.422. The summed E-state index contributed by atoms with van der Waals surface area (Å²) >= 11 is 0. The number of aliphatic carboxylic acids is 1. The van der Waals surface area contributed by atoms with Crippen molar-refractivity contribution in [2.45, 2.75) is 63.8 Å². The zero-order chi connectivity index (χ0) is 28.8. The van der Waals surface area contributed by atoms with Gasteiger partial charge in [-0.15, -0.1) is 0 Å². The molecule has 5 rings (SSSR count). The molecule has 10 nitrogen and oxygen atoms in total. The van der Waals surface area contributed by atoms with Gasteiger partial charge in [0.15, 0.2) is 0 Å². The first kappa shape index (κ1) is 28.6. The lowest BCUT2D eigenvalue weighted by molar-refractivity contribution is -0.137. The number of carbonyl (C=O) groups excluding carboxylic acids is 3. The van der Waals surface area contributed by atoms with Crippen LogP contribution >= 0.6 is 0 Å². The molecule has 1 aromatic carbocycles. The van der Waals surface area contributed by atoms with Crippen molar-refractivity contribution in [3.8, 4) is 0 Å². The van der Waals surface area contributed by atoms with Crippen LogP contribution < -0.4 is 15.5 Å². The van der Waals surface area contributed by atoms with Gasteiger partial charge >= 0.3 is 5.97 Å². The molecule has 1 aromatic heterocycles. The van der Waals surface area contributed by atoms with Gasteiger partial charge < -0.3 is 25.5 Å². The van der Waals surface area contributed by atoms with Gasteiger partial charge in [-0.25, -0.2) is 0 Å². The summed E-state index contributed by atoms with van der Waals surface area (Å²) in [5.41, 5.74) is 2.31. The number of hydrogen-bond acceptors (Lipinski definition) is 6. The Morgan fingerprint density at radius 2 is 1.73 bits per heavy atom. The maximum absolute atomic E-state index is 13.4. The Kier molecular flexibility index (Phi) is 9.16. The highest BCUT2D eigenvalue weighted by Crippen LogP contribution is 2.33. The van der Waals surface area contributed by atoms with Crippen LogP contribution in [-0.2, 0) is 14.4 Å². The van der Waals surface area contributed by atoms with Crippen LogP contribution in [0.4, 0.5) is 11.4 Å². The summed E-state index contributed by atoms with van der Waals surface area (Å²) in [4.78, 5) is 59.1. The smallest absolute Gasteiger partial charge is 0.305 e. The Morgan fingerprint density at radius 3 is 2.44 bits per heavy atom. The average Bonchev–Trinajstić information content (AvgIpc) is 3.85. The molecule has 1 unspecified atom stereocenters. The highest BCUT2D eigenvalue weighted by Gasteiger charge is 2.34. The highest BCUT2D eigenvalue weighted by molar-refractivity contribution is 6.01. The average molecular weight is 562 g/mol. The van der Waals surface area contributed by atoms with Crippen LogP contribution in [0, 0.1) is 11.8 Å². The molecule has 1 atom stereocenters. The van der Waals surface area contributed by atoms with Crippen molar-refractivity contribution in [2.24, 2.45) is 11.8 Å². The Hall–Kier alpha value is -3.95. The Labute approximate surface area is 240 Å². The Bertz CT molecular complexity index is 1260. The molecule has 2 saturated carbocycles.